The van der Waals surface area contributed by atoms with Crippen LogP contribution in [0.4, 0.5) is 13.2 Å². The van der Waals surface area contributed by atoms with E-state index in [0.29, 0.717) is 12.5 Å². The van der Waals surface area contributed by atoms with Gasteiger partial charge in [-0.2, -0.15) is 13.2 Å². The van der Waals surface area contributed by atoms with E-state index in [9.17, 15) is 13.2 Å². The molecule has 0 spiro atoms. The molecule has 1 fully saturated rings. The molecule has 0 atom stereocenters. The van der Waals surface area contributed by atoms with Gasteiger partial charge in [0.1, 0.15) is 0 Å². The van der Waals surface area contributed by atoms with Crippen LogP contribution in [0.1, 0.15) is 31.2 Å². The Morgan fingerprint density at radius 2 is 1.75 bits per heavy atom. The molecule has 1 aliphatic rings. The summed E-state index contributed by atoms with van der Waals surface area (Å²) in [7, 11) is 2.13. The number of benzene rings is 1. The number of hydrogen-bond acceptors (Lipinski definition) is 2. The summed E-state index contributed by atoms with van der Waals surface area (Å²) in [6, 6.07) is 10.2. The first kappa shape index (κ1) is 19.3. The van der Waals surface area contributed by atoms with Crippen molar-refractivity contribution >= 4 is 0 Å². The minimum atomic E-state index is -4.04. The molecule has 0 radical (unpaired) electrons. The van der Waals surface area contributed by atoms with Crippen LogP contribution in [0.25, 0.3) is 0 Å². The number of piperidine rings is 1. The maximum absolute atomic E-state index is 12.4. The molecule has 136 valence electrons. The van der Waals surface area contributed by atoms with Gasteiger partial charge in [0.15, 0.2) is 0 Å². The highest BCUT2D eigenvalue weighted by Crippen LogP contribution is 2.22. The van der Waals surface area contributed by atoms with Crippen molar-refractivity contribution in [3.05, 3.63) is 35.9 Å². The third-order valence-corrected chi connectivity index (χ3v) is 4.85. The maximum Gasteiger partial charge on any atom is 0.389 e. The lowest BCUT2D eigenvalue weighted by Crippen LogP contribution is -2.38. The van der Waals surface area contributed by atoms with E-state index in [1.165, 1.54) is 5.56 Å². The Morgan fingerprint density at radius 1 is 1.08 bits per heavy atom. The summed E-state index contributed by atoms with van der Waals surface area (Å²) in [4.78, 5) is 4.57. The van der Waals surface area contributed by atoms with Crippen molar-refractivity contribution in [1.82, 2.24) is 9.80 Å². The van der Waals surface area contributed by atoms with Gasteiger partial charge in [-0.25, -0.2) is 0 Å². The van der Waals surface area contributed by atoms with Gasteiger partial charge in [0, 0.05) is 19.5 Å². The standard InChI is InChI=1S/C19H29F3N2/c1-23-13-8-18(9-14-23)16-24(12-5-11-19(20,21)22)15-10-17-6-3-2-4-7-17/h2-4,6-7,18H,5,8-16H2,1H3. The van der Waals surface area contributed by atoms with E-state index in [-0.39, 0.29) is 6.42 Å². The van der Waals surface area contributed by atoms with Crippen molar-refractivity contribution < 1.29 is 13.2 Å². The zero-order valence-corrected chi connectivity index (χ0v) is 14.6. The van der Waals surface area contributed by atoms with Gasteiger partial charge in [-0.15, -0.1) is 0 Å². The second-order valence-corrected chi connectivity index (χ2v) is 7.00. The lowest BCUT2D eigenvalue weighted by molar-refractivity contribution is -0.136. The Balaban J connectivity index is 1.83. The van der Waals surface area contributed by atoms with Crippen LogP contribution >= 0.6 is 0 Å². The number of rotatable bonds is 8. The molecule has 0 saturated carbocycles. The van der Waals surface area contributed by atoms with Crippen molar-refractivity contribution in [2.75, 3.05) is 39.8 Å². The number of hydrogen-bond donors (Lipinski definition) is 0. The molecule has 24 heavy (non-hydrogen) atoms. The summed E-state index contributed by atoms with van der Waals surface area (Å²) in [5.74, 6) is 0.614. The van der Waals surface area contributed by atoms with Gasteiger partial charge in [-0.1, -0.05) is 30.3 Å². The molecule has 0 aliphatic carbocycles. The Hall–Kier alpha value is -1.07. The van der Waals surface area contributed by atoms with Crippen molar-refractivity contribution in [3.63, 3.8) is 0 Å². The Bertz CT molecular complexity index is 453. The van der Waals surface area contributed by atoms with Gasteiger partial charge >= 0.3 is 6.18 Å². The summed E-state index contributed by atoms with van der Waals surface area (Å²) in [6.07, 6.45) is -1.32. The van der Waals surface area contributed by atoms with E-state index in [1.54, 1.807) is 0 Å². The molecule has 0 aromatic heterocycles. The van der Waals surface area contributed by atoms with Gasteiger partial charge in [0.05, 0.1) is 0 Å². The molecule has 0 unspecified atom stereocenters. The van der Waals surface area contributed by atoms with Crippen LogP contribution in [-0.4, -0.2) is 55.7 Å². The van der Waals surface area contributed by atoms with Crippen LogP contribution in [0, 0.1) is 5.92 Å². The summed E-state index contributed by atoms with van der Waals surface area (Å²) < 4.78 is 37.3. The predicted molar refractivity (Wildman–Crippen MR) is 92.1 cm³/mol. The lowest BCUT2D eigenvalue weighted by Gasteiger charge is -2.33. The van der Waals surface area contributed by atoms with Gasteiger partial charge in [0.25, 0.3) is 0 Å². The predicted octanol–water partition coefficient (Wildman–Crippen LogP) is 4.22. The van der Waals surface area contributed by atoms with Crippen molar-refractivity contribution in [2.24, 2.45) is 5.92 Å². The highest BCUT2D eigenvalue weighted by molar-refractivity contribution is 5.14. The van der Waals surface area contributed by atoms with Crippen molar-refractivity contribution in [2.45, 2.75) is 38.3 Å². The molecule has 1 aromatic carbocycles. The molecule has 1 heterocycles. The van der Waals surface area contributed by atoms with Gasteiger partial charge in [-0.05, 0) is 63.8 Å². The van der Waals surface area contributed by atoms with Crippen molar-refractivity contribution in [3.8, 4) is 0 Å². The average molecular weight is 342 g/mol. The van der Waals surface area contributed by atoms with Gasteiger partial charge < -0.3 is 9.80 Å². The SMILES string of the molecule is CN1CCC(CN(CCCC(F)(F)F)CCc2ccccc2)CC1. The largest absolute Gasteiger partial charge is 0.389 e. The van der Waals surface area contributed by atoms with E-state index < -0.39 is 12.6 Å². The molecule has 2 rings (SSSR count). The van der Waals surface area contributed by atoms with Crippen LogP contribution in [0.2, 0.25) is 0 Å². The van der Waals surface area contributed by atoms with Crippen LogP contribution < -0.4 is 0 Å². The molecule has 1 saturated heterocycles. The summed E-state index contributed by atoms with van der Waals surface area (Å²) in [5, 5.41) is 0. The lowest BCUT2D eigenvalue weighted by atomic mass is 9.96. The molecular weight excluding hydrogens is 313 g/mol. The van der Waals surface area contributed by atoms with Gasteiger partial charge in [-0.3, -0.25) is 0 Å². The minimum absolute atomic E-state index is 0.199. The summed E-state index contributed by atoms with van der Waals surface area (Å²) >= 11 is 0. The molecule has 1 aliphatic heterocycles. The number of alkyl halides is 3. The molecule has 5 heteroatoms. The van der Waals surface area contributed by atoms with E-state index in [4.69, 9.17) is 0 Å². The topological polar surface area (TPSA) is 6.48 Å². The Morgan fingerprint density at radius 3 is 2.38 bits per heavy atom. The quantitative estimate of drug-likeness (QED) is 0.698. The highest BCUT2D eigenvalue weighted by atomic mass is 19.4. The second-order valence-electron chi connectivity index (χ2n) is 7.00. The van der Waals surface area contributed by atoms with Crippen LogP contribution in [0.5, 0.6) is 0 Å². The van der Waals surface area contributed by atoms with E-state index in [0.717, 1.165) is 45.4 Å². The molecular formula is C19H29F3N2. The maximum atomic E-state index is 12.4. The van der Waals surface area contributed by atoms with Crippen LogP contribution in [0.3, 0.4) is 0 Å². The number of halogens is 3. The molecule has 2 nitrogen and oxygen atoms in total. The molecule has 0 amide bonds. The number of likely N-dealkylation sites (tertiary alicyclic amines) is 1. The highest BCUT2D eigenvalue weighted by Gasteiger charge is 2.27. The number of nitrogens with zero attached hydrogens (tertiary/aromatic N) is 2. The fourth-order valence-electron chi connectivity index (χ4n) is 3.34. The summed E-state index contributed by atoms with van der Waals surface area (Å²) in [6.45, 7) is 4.50. The Kier molecular flexibility index (Phi) is 7.56. The van der Waals surface area contributed by atoms with Crippen LogP contribution in [-0.2, 0) is 6.42 Å². The third kappa shape index (κ3) is 7.67. The zero-order chi connectivity index (χ0) is 17.4. The fraction of sp³-hybridized carbons (Fsp3) is 0.684. The smallest absolute Gasteiger partial charge is 0.306 e. The molecule has 0 bridgehead atoms. The molecule has 1 aromatic rings. The normalized spacial score (nSPS) is 17.5. The monoisotopic (exact) mass is 342 g/mol. The van der Waals surface area contributed by atoms with Crippen molar-refractivity contribution in [1.29, 1.82) is 0 Å². The first-order valence-electron chi connectivity index (χ1n) is 8.94. The average Bonchev–Trinajstić information content (AvgIpc) is 2.54. The third-order valence-electron chi connectivity index (χ3n) is 4.85. The summed E-state index contributed by atoms with van der Waals surface area (Å²) in [5.41, 5.74) is 1.25. The Labute approximate surface area is 143 Å². The first-order valence-corrected chi connectivity index (χ1v) is 8.94. The van der Waals surface area contributed by atoms with E-state index in [2.05, 4.69) is 29.0 Å². The second kappa shape index (κ2) is 9.42. The fourth-order valence-corrected chi connectivity index (χ4v) is 3.34. The first-order chi connectivity index (χ1) is 11.4. The van der Waals surface area contributed by atoms with E-state index >= 15 is 0 Å². The van der Waals surface area contributed by atoms with Crippen LogP contribution in [0.15, 0.2) is 30.3 Å². The van der Waals surface area contributed by atoms with Gasteiger partial charge in [0.2, 0.25) is 0 Å². The molecule has 0 N–H and O–H groups in total. The zero-order valence-electron chi connectivity index (χ0n) is 14.6. The minimum Gasteiger partial charge on any atom is -0.306 e. The van der Waals surface area contributed by atoms with E-state index in [1.807, 2.05) is 18.2 Å².